The number of sulfonamides is 1. The van der Waals surface area contributed by atoms with Crippen LogP contribution in [0, 0.1) is 0 Å². The first-order chi connectivity index (χ1) is 7.63. The van der Waals surface area contributed by atoms with Crippen LogP contribution >= 0.6 is 0 Å². The largest absolute Gasteiger partial charge is 0.496 e. The van der Waals surface area contributed by atoms with Crippen LogP contribution in [0.1, 0.15) is 11.1 Å². The highest BCUT2D eigenvalue weighted by Crippen LogP contribution is 2.32. The van der Waals surface area contributed by atoms with Gasteiger partial charge < -0.3 is 4.74 Å². The number of ether oxygens (including phenoxy) is 1. The molecule has 4 nitrogen and oxygen atoms in total. The predicted octanol–water partition coefficient (Wildman–Crippen LogP) is 1.50. The molecule has 1 aromatic rings. The van der Waals surface area contributed by atoms with Crippen molar-refractivity contribution in [2.75, 3.05) is 7.11 Å². The molecule has 1 aromatic carbocycles. The molecule has 0 unspecified atom stereocenters. The Morgan fingerprint density at radius 3 is 2.35 bits per heavy atom. The lowest BCUT2D eigenvalue weighted by atomic mass is 10.1. The van der Waals surface area contributed by atoms with Crippen LogP contribution in [0.3, 0.4) is 0 Å². The highest BCUT2D eigenvalue weighted by molar-refractivity contribution is 7.88. The lowest BCUT2D eigenvalue weighted by molar-refractivity contribution is -0.137. The Morgan fingerprint density at radius 2 is 1.94 bits per heavy atom. The van der Waals surface area contributed by atoms with E-state index < -0.39 is 27.5 Å². The highest BCUT2D eigenvalue weighted by Gasteiger charge is 2.31. The van der Waals surface area contributed by atoms with Crippen LogP contribution in [0.2, 0.25) is 0 Å². The van der Waals surface area contributed by atoms with Gasteiger partial charge in [0.25, 0.3) is 0 Å². The Balaban J connectivity index is 3.25. The van der Waals surface area contributed by atoms with E-state index in [0.29, 0.717) is 6.07 Å². The van der Waals surface area contributed by atoms with Crippen molar-refractivity contribution in [2.24, 2.45) is 5.14 Å². The van der Waals surface area contributed by atoms with Gasteiger partial charge in [0.05, 0.1) is 18.4 Å². The number of hydrogen-bond donors (Lipinski definition) is 1. The number of primary sulfonamides is 1. The van der Waals surface area contributed by atoms with Crippen molar-refractivity contribution in [1.82, 2.24) is 0 Å². The Morgan fingerprint density at radius 1 is 1.35 bits per heavy atom. The van der Waals surface area contributed by atoms with Crippen molar-refractivity contribution in [3.8, 4) is 5.75 Å². The quantitative estimate of drug-likeness (QED) is 0.904. The molecule has 1 rings (SSSR count). The lowest BCUT2D eigenvalue weighted by Crippen LogP contribution is -2.16. The summed E-state index contributed by atoms with van der Waals surface area (Å²) in [6.45, 7) is 0. The number of methoxy groups -OCH3 is 1. The maximum atomic E-state index is 12.4. The summed E-state index contributed by atoms with van der Waals surface area (Å²) in [5, 5.41) is 4.79. The van der Waals surface area contributed by atoms with Crippen LogP contribution in [-0.4, -0.2) is 15.5 Å². The predicted molar refractivity (Wildman–Crippen MR) is 54.8 cm³/mol. The molecule has 0 fully saturated rings. The number of halogens is 3. The van der Waals surface area contributed by atoms with Crippen molar-refractivity contribution < 1.29 is 26.3 Å². The van der Waals surface area contributed by atoms with Crippen LogP contribution in [0.4, 0.5) is 13.2 Å². The lowest BCUT2D eigenvalue weighted by Gasteiger charge is -2.12. The summed E-state index contributed by atoms with van der Waals surface area (Å²) in [6.07, 6.45) is -4.54. The van der Waals surface area contributed by atoms with E-state index in [0.717, 1.165) is 12.1 Å². The standard InChI is InChI=1S/C9H10F3NO3S/c1-16-8-3-2-7(9(10,11)12)4-6(8)5-17(13,14)15/h2-4H,5H2,1H3,(H2,13,14,15). The smallest absolute Gasteiger partial charge is 0.416 e. The second kappa shape index (κ2) is 4.53. The molecule has 0 spiro atoms. The van der Waals surface area contributed by atoms with Crippen molar-refractivity contribution in [3.63, 3.8) is 0 Å². The molecular formula is C9H10F3NO3S. The third kappa shape index (κ3) is 3.90. The summed E-state index contributed by atoms with van der Waals surface area (Å²) in [7, 11) is -2.69. The van der Waals surface area contributed by atoms with Gasteiger partial charge >= 0.3 is 6.18 Å². The maximum absolute atomic E-state index is 12.4. The fourth-order valence-electron chi connectivity index (χ4n) is 1.28. The van der Waals surface area contributed by atoms with E-state index in [9.17, 15) is 21.6 Å². The molecule has 2 N–H and O–H groups in total. The van der Waals surface area contributed by atoms with Gasteiger partial charge in [0.15, 0.2) is 0 Å². The van der Waals surface area contributed by atoms with Crippen LogP contribution in [-0.2, 0) is 22.0 Å². The minimum Gasteiger partial charge on any atom is -0.496 e. The van der Waals surface area contributed by atoms with E-state index in [4.69, 9.17) is 9.88 Å². The van der Waals surface area contributed by atoms with Gasteiger partial charge in [-0.2, -0.15) is 13.2 Å². The normalized spacial score (nSPS) is 12.5. The van der Waals surface area contributed by atoms with Gasteiger partial charge in [-0.15, -0.1) is 0 Å². The molecule has 0 aliphatic carbocycles. The highest BCUT2D eigenvalue weighted by atomic mass is 32.2. The van der Waals surface area contributed by atoms with Crippen molar-refractivity contribution >= 4 is 10.0 Å². The summed E-state index contributed by atoms with van der Waals surface area (Å²) < 4.78 is 63.8. The molecule has 0 aliphatic rings. The van der Waals surface area contributed by atoms with E-state index in [2.05, 4.69) is 0 Å². The van der Waals surface area contributed by atoms with Crippen molar-refractivity contribution in [2.45, 2.75) is 11.9 Å². The molecule has 0 heterocycles. The monoisotopic (exact) mass is 269 g/mol. The molecule has 96 valence electrons. The van der Waals surface area contributed by atoms with Gasteiger partial charge in [-0.3, -0.25) is 0 Å². The maximum Gasteiger partial charge on any atom is 0.416 e. The SMILES string of the molecule is COc1ccc(C(F)(F)F)cc1CS(N)(=O)=O. The molecule has 0 aliphatic heterocycles. The number of nitrogens with two attached hydrogens (primary N) is 1. The average Bonchev–Trinajstić information content (AvgIpc) is 2.13. The summed E-state index contributed by atoms with van der Waals surface area (Å²) in [6, 6.07) is 2.58. The van der Waals surface area contributed by atoms with E-state index in [1.54, 1.807) is 0 Å². The summed E-state index contributed by atoms with van der Waals surface area (Å²) >= 11 is 0. The van der Waals surface area contributed by atoms with Crippen LogP contribution in [0.5, 0.6) is 5.75 Å². The Kier molecular flexibility index (Phi) is 3.68. The fraction of sp³-hybridized carbons (Fsp3) is 0.333. The first-order valence-electron chi connectivity index (χ1n) is 4.38. The van der Waals surface area contributed by atoms with Crippen LogP contribution in [0.25, 0.3) is 0 Å². The van der Waals surface area contributed by atoms with E-state index in [-0.39, 0.29) is 11.3 Å². The van der Waals surface area contributed by atoms with Gasteiger partial charge in [0.2, 0.25) is 10.0 Å². The zero-order chi connectivity index (χ0) is 13.3. The zero-order valence-corrected chi connectivity index (χ0v) is 9.60. The van der Waals surface area contributed by atoms with Crippen LogP contribution in [0.15, 0.2) is 18.2 Å². The second-order valence-corrected chi connectivity index (χ2v) is 4.95. The summed E-state index contributed by atoms with van der Waals surface area (Å²) in [5.74, 6) is -0.660. The van der Waals surface area contributed by atoms with Crippen molar-refractivity contribution in [1.29, 1.82) is 0 Å². The van der Waals surface area contributed by atoms with Gasteiger partial charge in [0.1, 0.15) is 5.75 Å². The first kappa shape index (κ1) is 13.8. The zero-order valence-electron chi connectivity index (χ0n) is 8.78. The van der Waals surface area contributed by atoms with E-state index in [1.165, 1.54) is 7.11 Å². The van der Waals surface area contributed by atoms with E-state index >= 15 is 0 Å². The number of rotatable bonds is 3. The topological polar surface area (TPSA) is 69.4 Å². The fourth-order valence-corrected chi connectivity index (χ4v) is 1.94. The van der Waals surface area contributed by atoms with Crippen molar-refractivity contribution in [3.05, 3.63) is 29.3 Å². The van der Waals surface area contributed by atoms with Gasteiger partial charge in [-0.05, 0) is 18.2 Å². The Hall–Kier alpha value is -1.28. The first-order valence-corrected chi connectivity index (χ1v) is 6.09. The number of benzene rings is 1. The van der Waals surface area contributed by atoms with E-state index in [1.807, 2.05) is 0 Å². The average molecular weight is 269 g/mol. The van der Waals surface area contributed by atoms with Gasteiger partial charge in [-0.25, -0.2) is 13.6 Å². The van der Waals surface area contributed by atoms with Gasteiger partial charge in [0, 0.05) is 5.56 Å². The molecule has 0 saturated carbocycles. The third-order valence-electron chi connectivity index (χ3n) is 1.96. The third-order valence-corrected chi connectivity index (χ3v) is 2.68. The molecule has 0 saturated heterocycles. The molecular weight excluding hydrogens is 259 g/mol. The molecule has 8 heteroatoms. The molecule has 0 bridgehead atoms. The second-order valence-electron chi connectivity index (χ2n) is 3.33. The molecule has 0 amide bonds. The summed E-state index contributed by atoms with van der Waals surface area (Å²) in [5.41, 5.74) is -1.07. The minimum atomic E-state index is -4.54. The molecule has 0 atom stereocenters. The summed E-state index contributed by atoms with van der Waals surface area (Å²) in [4.78, 5) is 0. The Bertz CT molecular complexity index is 511. The van der Waals surface area contributed by atoms with Gasteiger partial charge in [-0.1, -0.05) is 0 Å². The number of hydrogen-bond acceptors (Lipinski definition) is 3. The van der Waals surface area contributed by atoms with Crippen LogP contribution < -0.4 is 9.88 Å². The molecule has 0 radical (unpaired) electrons. The minimum absolute atomic E-state index is 0.0482. The molecule has 0 aromatic heterocycles. The number of alkyl halides is 3. The Labute approximate surface area is 96.2 Å². The molecule has 17 heavy (non-hydrogen) atoms.